The highest BCUT2D eigenvalue weighted by atomic mass is 79.9. The summed E-state index contributed by atoms with van der Waals surface area (Å²) in [6.07, 6.45) is -15.9. The second-order valence-electron chi connectivity index (χ2n) is 6.27. The van der Waals surface area contributed by atoms with Crippen LogP contribution < -0.4 is 0 Å². The van der Waals surface area contributed by atoms with Crippen molar-refractivity contribution in [3.63, 3.8) is 0 Å². The van der Waals surface area contributed by atoms with Gasteiger partial charge >= 0.3 is 12.5 Å². The Morgan fingerprint density at radius 1 is 0.750 bits per heavy atom. The Balaban J connectivity index is 1.89. The molecule has 0 bridgehead atoms. The maximum Gasteiger partial charge on any atom is 0.522 e. The first kappa shape index (κ1) is 20.2. The molecule has 0 aromatic carbocycles. The van der Waals surface area contributed by atoms with Crippen molar-refractivity contribution in [1.29, 1.82) is 0 Å². The van der Waals surface area contributed by atoms with Gasteiger partial charge < -0.3 is 4.74 Å². The van der Waals surface area contributed by atoms with Gasteiger partial charge in [0.25, 0.3) is 0 Å². The Morgan fingerprint density at radius 3 is 1.58 bits per heavy atom. The number of ether oxygens (including phenoxy) is 2. The van der Waals surface area contributed by atoms with Gasteiger partial charge in [-0.1, -0.05) is 15.9 Å². The molecule has 10 heteroatoms. The first-order valence-corrected chi connectivity index (χ1v) is 8.62. The van der Waals surface area contributed by atoms with Gasteiger partial charge in [-0.05, 0) is 38.5 Å². The van der Waals surface area contributed by atoms with E-state index in [2.05, 4.69) is 25.4 Å². The quantitative estimate of drug-likeness (QED) is 0.445. The molecule has 2 aliphatic carbocycles. The summed E-state index contributed by atoms with van der Waals surface area (Å²) in [6.45, 7) is 0. The van der Waals surface area contributed by atoms with E-state index >= 15 is 0 Å². The van der Waals surface area contributed by atoms with Crippen LogP contribution in [-0.2, 0) is 9.47 Å². The van der Waals surface area contributed by atoms with Crippen molar-refractivity contribution in [3.8, 4) is 0 Å². The summed E-state index contributed by atoms with van der Waals surface area (Å²) in [4.78, 5) is -0.510. The molecule has 2 aliphatic rings. The van der Waals surface area contributed by atoms with Crippen LogP contribution >= 0.6 is 15.9 Å². The molecule has 2 saturated carbocycles. The van der Waals surface area contributed by atoms with Crippen LogP contribution in [0.2, 0.25) is 0 Å². The first-order chi connectivity index (χ1) is 11.0. The zero-order valence-electron chi connectivity index (χ0n) is 12.5. The first-order valence-electron chi connectivity index (χ1n) is 7.70. The summed E-state index contributed by atoms with van der Waals surface area (Å²) in [5.41, 5.74) is 0. The van der Waals surface area contributed by atoms with E-state index in [4.69, 9.17) is 0 Å². The molecule has 0 aromatic heterocycles. The minimum Gasteiger partial charge on any atom is -0.317 e. The van der Waals surface area contributed by atoms with Crippen LogP contribution in [-0.4, -0.2) is 41.8 Å². The monoisotopic (exact) mass is 430 g/mol. The zero-order valence-corrected chi connectivity index (χ0v) is 14.1. The maximum atomic E-state index is 14.2. The standard InChI is InChI=1S/C14H18BrF7O2/c15-7-5-10(16)12(11(17)6-7)13(18,19)23-8-1-3-9(4-2-8)24-14(20,21)22/h7-12H,1-6H2. The normalized spacial score (nSPS) is 39.0. The lowest BCUT2D eigenvalue weighted by Crippen LogP contribution is -2.50. The van der Waals surface area contributed by atoms with Gasteiger partial charge in [0.05, 0.1) is 12.2 Å². The van der Waals surface area contributed by atoms with Crippen molar-refractivity contribution in [2.75, 3.05) is 0 Å². The number of rotatable bonds is 4. The molecule has 2 fully saturated rings. The summed E-state index contributed by atoms with van der Waals surface area (Å²) in [6, 6.07) is 0. The van der Waals surface area contributed by atoms with Crippen LogP contribution in [0.4, 0.5) is 30.7 Å². The average Bonchev–Trinajstić information content (AvgIpc) is 2.37. The SMILES string of the molecule is FC1CC(Br)CC(F)C1C(F)(F)OC1CCC(OC(F)(F)F)CC1. The van der Waals surface area contributed by atoms with E-state index in [1.807, 2.05) is 0 Å². The average molecular weight is 431 g/mol. The van der Waals surface area contributed by atoms with Gasteiger partial charge in [-0.25, -0.2) is 8.78 Å². The molecule has 0 radical (unpaired) electrons. The Bertz CT molecular complexity index is 400. The van der Waals surface area contributed by atoms with Gasteiger partial charge in [0, 0.05) is 4.83 Å². The predicted molar refractivity (Wildman–Crippen MR) is 74.4 cm³/mol. The van der Waals surface area contributed by atoms with Gasteiger partial charge in [-0.15, -0.1) is 13.2 Å². The van der Waals surface area contributed by atoms with E-state index in [0.29, 0.717) is 0 Å². The molecule has 0 spiro atoms. The van der Waals surface area contributed by atoms with Crippen LogP contribution in [0.1, 0.15) is 38.5 Å². The molecular formula is C14H18BrF7O2. The second-order valence-corrected chi connectivity index (χ2v) is 7.56. The fourth-order valence-corrected chi connectivity index (χ4v) is 4.00. The van der Waals surface area contributed by atoms with Crippen molar-refractivity contribution >= 4 is 15.9 Å². The number of alkyl halides is 8. The number of hydrogen-bond acceptors (Lipinski definition) is 2. The molecule has 0 amide bonds. The van der Waals surface area contributed by atoms with Gasteiger partial charge in [0.15, 0.2) is 0 Å². The zero-order chi connectivity index (χ0) is 18.1. The van der Waals surface area contributed by atoms with Crippen LogP contribution in [0, 0.1) is 5.92 Å². The molecule has 0 N–H and O–H groups in total. The van der Waals surface area contributed by atoms with Crippen LogP contribution in [0.25, 0.3) is 0 Å². The lowest BCUT2D eigenvalue weighted by atomic mass is 9.84. The Labute approximate surface area is 143 Å². The fourth-order valence-electron chi connectivity index (χ4n) is 3.28. The van der Waals surface area contributed by atoms with Crippen LogP contribution in [0.15, 0.2) is 0 Å². The highest BCUT2D eigenvalue weighted by Crippen LogP contribution is 2.44. The second kappa shape index (κ2) is 7.65. The summed E-state index contributed by atoms with van der Waals surface area (Å²) in [7, 11) is 0. The van der Waals surface area contributed by atoms with E-state index in [0.717, 1.165) is 0 Å². The molecule has 24 heavy (non-hydrogen) atoms. The van der Waals surface area contributed by atoms with Gasteiger partial charge in [-0.3, -0.25) is 4.74 Å². The van der Waals surface area contributed by atoms with Gasteiger partial charge in [-0.2, -0.15) is 8.78 Å². The molecule has 142 valence electrons. The lowest BCUT2D eigenvalue weighted by Gasteiger charge is -2.39. The third-order valence-electron chi connectivity index (χ3n) is 4.37. The topological polar surface area (TPSA) is 18.5 Å². The van der Waals surface area contributed by atoms with Crippen molar-refractivity contribution < 1.29 is 40.2 Å². The molecule has 0 heterocycles. The van der Waals surface area contributed by atoms with Crippen LogP contribution in [0.3, 0.4) is 0 Å². The Hall–Kier alpha value is -0.0900. The van der Waals surface area contributed by atoms with Gasteiger partial charge in [0.2, 0.25) is 0 Å². The Morgan fingerprint density at radius 2 is 1.17 bits per heavy atom. The van der Waals surface area contributed by atoms with Gasteiger partial charge in [0.1, 0.15) is 18.3 Å². The highest BCUT2D eigenvalue weighted by molar-refractivity contribution is 9.09. The molecular weight excluding hydrogens is 413 g/mol. The molecule has 2 atom stereocenters. The third kappa shape index (κ3) is 5.45. The lowest BCUT2D eigenvalue weighted by molar-refractivity contribution is -0.352. The predicted octanol–water partition coefficient (Wildman–Crippen LogP) is 5.29. The summed E-state index contributed by atoms with van der Waals surface area (Å²) >= 11 is 3.02. The Kier molecular flexibility index (Phi) is 6.45. The van der Waals surface area contributed by atoms with E-state index < -0.39 is 47.8 Å². The number of hydrogen-bond donors (Lipinski definition) is 0. The summed E-state index contributed by atoms with van der Waals surface area (Å²) in [5.74, 6) is -2.20. The van der Waals surface area contributed by atoms with Crippen molar-refractivity contribution in [3.05, 3.63) is 0 Å². The smallest absolute Gasteiger partial charge is 0.317 e. The van der Waals surface area contributed by atoms with E-state index in [9.17, 15) is 30.7 Å². The van der Waals surface area contributed by atoms with Crippen molar-refractivity contribution in [1.82, 2.24) is 0 Å². The molecule has 0 aromatic rings. The minimum atomic E-state index is -4.78. The molecule has 0 aliphatic heterocycles. The third-order valence-corrected chi connectivity index (χ3v) is 5.12. The van der Waals surface area contributed by atoms with Crippen molar-refractivity contribution in [2.45, 2.75) is 80.4 Å². The molecule has 2 rings (SSSR count). The van der Waals surface area contributed by atoms with E-state index in [1.165, 1.54) is 0 Å². The summed E-state index contributed by atoms with van der Waals surface area (Å²) < 4.78 is 101. The summed E-state index contributed by atoms with van der Waals surface area (Å²) in [5, 5.41) is 0. The minimum absolute atomic E-state index is 0.0853. The maximum absolute atomic E-state index is 14.2. The fraction of sp³-hybridized carbons (Fsp3) is 1.00. The molecule has 0 saturated heterocycles. The van der Waals surface area contributed by atoms with Crippen LogP contribution in [0.5, 0.6) is 0 Å². The van der Waals surface area contributed by atoms with E-state index in [1.54, 1.807) is 0 Å². The van der Waals surface area contributed by atoms with Crippen molar-refractivity contribution in [2.24, 2.45) is 5.92 Å². The largest absolute Gasteiger partial charge is 0.522 e. The van der Waals surface area contributed by atoms with E-state index in [-0.39, 0.29) is 38.5 Å². The molecule has 2 unspecified atom stereocenters. The highest BCUT2D eigenvalue weighted by Gasteiger charge is 2.55. The number of halogens is 8. The molecule has 2 nitrogen and oxygen atoms in total.